The minimum Gasteiger partial charge on any atom is -0.444 e. The van der Waals surface area contributed by atoms with E-state index in [1.54, 1.807) is 6.07 Å². The molecular weight excluding hydrogens is 346 g/mol. The second-order valence-electron chi connectivity index (χ2n) is 6.28. The highest BCUT2D eigenvalue weighted by Crippen LogP contribution is 2.23. The second-order valence-corrected chi connectivity index (χ2v) is 7.60. The number of hydrogen-bond acceptors (Lipinski definition) is 5. The van der Waals surface area contributed by atoms with Crippen LogP contribution in [0.15, 0.2) is 15.9 Å². The molecule has 0 radical (unpaired) electrons. The molecule has 0 atom stereocenters. The van der Waals surface area contributed by atoms with E-state index < -0.39 is 0 Å². The molecular formula is C17H22ClN3O2S. The van der Waals surface area contributed by atoms with E-state index in [1.807, 2.05) is 19.2 Å². The van der Waals surface area contributed by atoms with Gasteiger partial charge in [0, 0.05) is 6.54 Å². The van der Waals surface area contributed by atoms with Gasteiger partial charge in [-0.2, -0.15) is 0 Å². The van der Waals surface area contributed by atoms with Crippen molar-refractivity contribution in [2.24, 2.45) is 5.92 Å². The molecule has 24 heavy (non-hydrogen) atoms. The highest BCUT2D eigenvalue weighted by atomic mass is 35.5. The molecule has 0 spiro atoms. The normalized spacial score (nSPS) is 16.5. The standard InChI is InChI=1S/C17H22ClN3O2S/c1-11-12(2)23-15(20-11)10-21-6-3-13(4-7-21)9-19-17(22)16-14(18)5-8-24-16/h5,8,13H,3-4,6-7,9-10H2,1-2H3,(H,19,22). The Morgan fingerprint density at radius 1 is 1.46 bits per heavy atom. The third kappa shape index (κ3) is 4.18. The zero-order chi connectivity index (χ0) is 17.1. The van der Waals surface area contributed by atoms with Crippen LogP contribution in [0.3, 0.4) is 0 Å². The lowest BCUT2D eigenvalue weighted by Gasteiger charge is -2.31. The average molecular weight is 368 g/mol. The number of carbonyl (C=O) groups excluding carboxylic acids is 1. The number of nitrogens with zero attached hydrogens (tertiary/aromatic N) is 2. The number of thiophene rings is 1. The lowest BCUT2D eigenvalue weighted by molar-refractivity contribution is 0.0938. The number of likely N-dealkylation sites (tertiary alicyclic amines) is 1. The number of nitrogens with one attached hydrogen (secondary N) is 1. The van der Waals surface area contributed by atoms with E-state index in [1.165, 1.54) is 11.3 Å². The largest absolute Gasteiger partial charge is 0.444 e. The molecule has 7 heteroatoms. The topological polar surface area (TPSA) is 58.4 Å². The minimum absolute atomic E-state index is 0.0665. The summed E-state index contributed by atoms with van der Waals surface area (Å²) in [6.07, 6.45) is 2.13. The van der Waals surface area contributed by atoms with Gasteiger partial charge in [0.25, 0.3) is 5.91 Å². The molecule has 0 unspecified atom stereocenters. The number of carbonyl (C=O) groups is 1. The third-order valence-electron chi connectivity index (χ3n) is 4.51. The van der Waals surface area contributed by atoms with Crippen LogP contribution in [0.4, 0.5) is 0 Å². The summed E-state index contributed by atoms with van der Waals surface area (Å²) in [6.45, 7) is 7.38. The maximum absolute atomic E-state index is 12.1. The van der Waals surface area contributed by atoms with Crippen molar-refractivity contribution < 1.29 is 9.21 Å². The van der Waals surface area contributed by atoms with E-state index in [2.05, 4.69) is 15.2 Å². The van der Waals surface area contributed by atoms with E-state index in [0.29, 0.717) is 22.4 Å². The van der Waals surface area contributed by atoms with Gasteiger partial charge in [-0.05, 0) is 57.1 Å². The molecule has 2 aromatic rings. The first-order valence-electron chi connectivity index (χ1n) is 8.19. The quantitative estimate of drug-likeness (QED) is 0.876. The van der Waals surface area contributed by atoms with Crippen LogP contribution in [-0.4, -0.2) is 35.4 Å². The Labute approximate surface area is 151 Å². The molecule has 3 heterocycles. The van der Waals surface area contributed by atoms with E-state index in [9.17, 15) is 4.79 Å². The smallest absolute Gasteiger partial charge is 0.262 e. The summed E-state index contributed by atoms with van der Waals surface area (Å²) in [4.78, 5) is 19.5. The number of oxazole rings is 1. The molecule has 5 nitrogen and oxygen atoms in total. The molecule has 1 N–H and O–H groups in total. The molecule has 1 saturated heterocycles. The number of hydrogen-bond donors (Lipinski definition) is 1. The molecule has 1 aliphatic rings. The zero-order valence-corrected chi connectivity index (χ0v) is 15.5. The van der Waals surface area contributed by atoms with E-state index >= 15 is 0 Å². The van der Waals surface area contributed by atoms with Gasteiger partial charge in [0.05, 0.1) is 17.3 Å². The Hall–Kier alpha value is -1.37. The lowest BCUT2D eigenvalue weighted by Crippen LogP contribution is -2.38. The average Bonchev–Trinajstić information content (AvgIpc) is 3.12. The molecule has 0 bridgehead atoms. The number of amides is 1. The molecule has 3 rings (SSSR count). The van der Waals surface area contributed by atoms with Crippen LogP contribution < -0.4 is 5.32 Å². The van der Waals surface area contributed by atoms with Gasteiger partial charge in [0.2, 0.25) is 5.89 Å². The number of aromatic nitrogens is 1. The maximum atomic E-state index is 12.1. The van der Waals surface area contributed by atoms with Crippen LogP contribution in [0.25, 0.3) is 0 Å². The first-order valence-corrected chi connectivity index (χ1v) is 9.45. The first kappa shape index (κ1) is 17.5. The molecule has 0 aliphatic carbocycles. The predicted molar refractivity (Wildman–Crippen MR) is 95.6 cm³/mol. The summed E-state index contributed by atoms with van der Waals surface area (Å²) < 4.78 is 5.65. The highest BCUT2D eigenvalue weighted by molar-refractivity contribution is 7.12. The van der Waals surface area contributed by atoms with E-state index in [-0.39, 0.29) is 5.91 Å². The Morgan fingerprint density at radius 2 is 2.21 bits per heavy atom. The fourth-order valence-electron chi connectivity index (χ4n) is 2.92. The molecule has 1 aliphatic heterocycles. The van der Waals surface area contributed by atoms with Gasteiger partial charge in [-0.25, -0.2) is 4.98 Å². The van der Waals surface area contributed by atoms with Crippen molar-refractivity contribution in [3.05, 3.63) is 38.7 Å². The van der Waals surface area contributed by atoms with Crippen molar-refractivity contribution in [2.75, 3.05) is 19.6 Å². The molecule has 1 fully saturated rings. The molecule has 2 aromatic heterocycles. The summed E-state index contributed by atoms with van der Waals surface area (Å²) in [5.74, 6) is 2.14. The van der Waals surface area contributed by atoms with Crippen molar-refractivity contribution in [1.29, 1.82) is 0 Å². The third-order valence-corrected chi connectivity index (χ3v) is 5.85. The van der Waals surface area contributed by atoms with Crippen LogP contribution in [-0.2, 0) is 6.54 Å². The van der Waals surface area contributed by atoms with Gasteiger partial charge in [-0.1, -0.05) is 11.6 Å². The zero-order valence-electron chi connectivity index (χ0n) is 14.0. The Morgan fingerprint density at radius 3 is 2.79 bits per heavy atom. The van der Waals surface area contributed by atoms with Gasteiger partial charge in [0.1, 0.15) is 10.6 Å². The van der Waals surface area contributed by atoms with Gasteiger partial charge < -0.3 is 9.73 Å². The number of aryl methyl sites for hydroxylation is 2. The summed E-state index contributed by atoms with van der Waals surface area (Å²) in [5, 5.41) is 5.38. The lowest BCUT2D eigenvalue weighted by atomic mass is 9.97. The Balaban J connectivity index is 1.42. The highest BCUT2D eigenvalue weighted by Gasteiger charge is 2.22. The minimum atomic E-state index is -0.0665. The fraction of sp³-hybridized carbons (Fsp3) is 0.529. The Bertz CT molecular complexity index is 685. The van der Waals surface area contributed by atoms with Crippen molar-refractivity contribution >= 4 is 28.8 Å². The van der Waals surface area contributed by atoms with Crippen LogP contribution in [0.2, 0.25) is 5.02 Å². The van der Waals surface area contributed by atoms with E-state index in [0.717, 1.165) is 49.8 Å². The van der Waals surface area contributed by atoms with Crippen LogP contribution >= 0.6 is 22.9 Å². The number of rotatable bonds is 5. The van der Waals surface area contributed by atoms with Crippen molar-refractivity contribution in [2.45, 2.75) is 33.2 Å². The van der Waals surface area contributed by atoms with Crippen molar-refractivity contribution in [3.8, 4) is 0 Å². The predicted octanol–water partition coefficient (Wildman–Crippen LogP) is 3.65. The fourth-order valence-corrected chi connectivity index (χ4v) is 3.98. The summed E-state index contributed by atoms with van der Waals surface area (Å²) >= 11 is 7.37. The molecule has 130 valence electrons. The van der Waals surface area contributed by atoms with Crippen LogP contribution in [0, 0.1) is 19.8 Å². The monoisotopic (exact) mass is 367 g/mol. The maximum Gasteiger partial charge on any atom is 0.262 e. The van der Waals surface area contributed by atoms with Crippen LogP contribution in [0.5, 0.6) is 0 Å². The van der Waals surface area contributed by atoms with E-state index in [4.69, 9.17) is 16.0 Å². The van der Waals surface area contributed by atoms with Gasteiger partial charge >= 0.3 is 0 Å². The molecule has 1 amide bonds. The molecule has 0 saturated carbocycles. The SMILES string of the molecule is Cc1nc(CN2CCC(CNC(=O)c3sccc3Cl)CC2)oc1C. The van der Waals surface area contributed by atoms with Crippen molar-refractivity contribution in [3.63, 3.8) is 0 Å². The van der Waals surface area contributed by atoms with Gasteiger partial charge in [-0.3, -0.25) is 9.69 Å². The van der Waals surface area contributed by atoms with Crippen molar-refractivity contribution in [1.82, 2.24) is 15.2 Å². The van der Waals surface area contributed by atoms with Gasteiger partial charge in [-0.15, -0.1) is 11.3 Å². The number of halogens is 1. The van der Waals surface area contributed by atoms with Gasteiger partial charge in [0.15, 0.2) is 0 Å². The Kier molecular flexibility index (Phi) is 5.58. The van der Waals surface area contributed by atoms with Crippen LogP contribution in [0.1, 0.15) is 39.9 Å². The molecule has 0 aromatic carbocycles. The summed E-state index contributed by atoms with van der Waals surface area (Å²) in [5.41, 5.74) is 0.967. The summed E-state index contributed by atoms with van der Waals surface area (Å²) in [6, 6.07) is 1.76. The second kappa shape index (κ2) is 7.68. The number of piperidine rings is 1. The summed E-state index contributed by atoms with van der Waals surface area (Å²) in [7, 11) is 0. The first-order chi connectivity index (χ1) is 11.5.